The first-order chi connectivity index (χ1) is 8.33. The van der Waals surface area contributed by atoms with Crippen molar-refractivity contribution >= 4 is 5.97 Å². The molecule has 0 fully saturated rings. The number of esters is 1. The van der Waals surface area contributed by atoms with Gasteiger partial charge in [-0.25, -0.2) is 5.90 Å². The summed E-state index contributed by atoms with van der Waals surface area (Å²) in [6.45, 7) is 0.893. The van der Waals surface area contributed by atoms with E-state index >= 15 is 0 Å². The molecule has 0 aliphatic rings. The molecule has 2 N–H and O–H groups in total. The zero-order valence-electron chi connectivity index (χ0n) is 9.93. The number of benzene rings is 1. The van der Waals surface area contributed by atoms with E-state index in [1.807, 2.05) is 30.3 Å². The molecular formula is C13H19NO3. The molecule has 0 aliphatic heterocycles. The first kappa shape index (κ1) is 13.7. The number of ether oxygens (including phenoxy) is 1. The molecule has 1 rings (SSSR count). The zero-order valence-corrected chi connectivity index (χ0v) is 9.93. The van der Waals surface area contributed by atoms with E-state index in [2.05, 4.69) is 4.84 Å². The second kappa shape index (κ2) is 8.73. The van der Waals surface area contributed by atoms with E-state index in [9.17, 15) is 4.79 Å². The standard InChI is InChI=1S/C13H19NO3/c14-17-10-6-2-5-9-13(15)16-11-12-7-3-1-4-8-12/h1,3-4,7-8H,2,5-6,9-11,14H2. The smallest absolute Gasteiger partial charge is 0.306 e. The lowest BCUT2D eigenvalue weighted by Crippen LogP contribution is -2.05. The number of unbranched alkanes of at least 4 members (excludes halogenated alkanes) is 2. The van der Waals surface area contributed by atoms with Crippen molar-refractivity contribution in [2.75, 3.05) is 6.61 Å². The van der Waals surface area contributed by atoms with Crippen LogP contribution in [0.15, 0.2) is 30.3 Å². The summed E-state index contributed by atoms with van der Waals surface area (Å²) in [7, 11) is 0. The van der Waals surface area contributed by atoms with E-state index in [1.54, 1.807) is 0 Å². The van der Waals surface area contributed by atoms with Gasteiger partial charge in [-0.3, -0.25) is 4.79 Å². The maximum absolute atomic E-state index is 11.4. The van der Waals surface area contributed by atoms with E-state index in [-0.39, 0.29) is 5.97 Å². The van der Waals surface area contributed by atoms with Gasteiger partial charge in [0.1, 0.15) is 6.61 Å². The highest BCUT2D eigenvalue weighted by Gasteiger charge is 2.02. The van der Waals surface area contributed by atoms with Crippen LogP contribution >= 0.6 is 0 Å². The molecule has 0 saturated carbocycles. The van der Waals surface area contributed by atoms with Crippen molar-refractivity contribution in [3.05, 3.63) is 35.9 Å². The van der Waals surface area contributed by atoms with Gasteiger partial charge < -0.3 is 9.57 Å². The molecule has 0 radical (unpaired) electrons. The number of rotatable bonds is 8. The third kappa shape index (κ3) is 6.71. The van der Waals surface area contributed by atoms with Crippen LogP contribution in [0.25, 0.3) is 0 Å². The fourth-order valence-corrected chi connectivity index (χ4v) is 1.44. The van der Waals surface area contributed by atoms with E-state index in [4.69, 9.17) is 10.6 Å². The highest BCUT2D eigenvalue weighted by atomic mass is 16.6. The SMILES string of the molecule is NOCCCCCC(=O)OCc1ccccc1. The molecule has 0 amide bonds. The lowest BCUT2D eigenvalue weighted by molar-refractivity contribution is -0.145. The van der Waals surface area contributed by atoms with Gasteiger partial charge in [0.15, 0.2) is 0 Å². The Bertz CT molecular complexity index is 314. The topological polar surface area (TPSA) is 61.5 Å². The van der Waals surface area contributed by atoms with Crippen LogP contribution in [0.4, 0.5) is 0 Å². The lowest BCUT2D eigenvalue weighted by Gasteiger charge is -2.04. The van der Waals surface area contributed by atoms with Gasteiger partial charge in [-0.15, -0.1) is 0 Å². The number of hydrogen-bond acceptors (Lipinski definition) is 4. The Labute approximate surface area is 102 Å². The predicted molar refractivity (Wildman–Crippen MR) is 64.8 cm³/mol. The Morgan fingerprint density at radius 3 is 2.59 bits per heavy atom. The third-order valence-electron chi connectivity index (χ3n) is 2.39. The van der Waals surface area contributed by atoms with Crippen molar-refractivity contribution in [3.63, 3.8) is 0 Å². The quantitative estimate of drug-likeness (QED) is 0.427. The van der Waals surface area contributed by atoms with Crippen molar-refractivity contribution in [1.29, 1.82) is 0 Å². The van der Waals surface area contributed by atoms with Crippen LogP contribution in [-0.4, -0.2) is 12.6 Å². The summed E-state index contributed by atoms with van der Waals surface area (Å²) in [6.07, 6.45) is 3.08. The molecule has 0 spiro atoms. The largest absolute Gasteiger partial charge is 0.461 e. The molecule has 17 heavy (non-hydrogen) atoms. The second-order valence-corrected chi connectivity index (χ2v) is 3.83. The van der Waals surface area contributed by atoms with Gasteiger partial charge in [0.2, 0.25) is 0 Å². The average Bonchev–Trinajstić information content (AvgIpc) is 2.37. The molecular weight excluding hydrogens is 218 g/mol. The van der Waals surface area contributed by atoms with Crippen LogP contribution in [0.3, 0.4) is 0 Å². The minimum absolute atomic E-state index is 0.150. The highest BCUT2D eigenvalue weighted by molar-refractivity contribution is 5.69. The summed E-state index contributed by atoms with van der Waals surface area (Å²) in [5, 5.41) is 0. The first-order valence-corrected chi connectivity index (χ1v) is 5.84. The Morgan fingerprint density at radius 2 is 1.88 bits per heavy atom. The molecule has 0 heterocycles. The summed E-state index contributed by atoms with van der Waals surface area (Å²) >= 11 is 0. The normalized spacial score (nSPS) is 10.2. The molecule has 0 saturated heterocycles. The van der Waals surface area contributed by atoms with Crippen molar-refractivity contribution in [2.24, 2.45) is 5.90 Å². The van der Waals surface area contributed by atoms with Gasteiger partial charge >= 0.3 is 5.97 Å². The Morgan fingerprint density at radius 1 is 1.12 bits per heavy atom. The van der Waals surface area contributed by atoms with Crippen molar-refractivity contribution in [3.8, 4) is 0 Å². The van der Waals surface area contributed by atoms with Crippen molar-refractivity contribution < 1.29 is 14.4 Å². The summed E-state index contributed by atoms with van der Waals surface area (Å²) in [4.78, 5) is 15.8. The maximum atomic E-state index is 11.4. The van der Waals surface area contributed by atoms with Gasteiger partial charge in [0.25, 0.3) is 0 Å². The van der Waals surface area contributed by atoms with Crippen LogP contribution in [0.1, 0.15) is 31.2 Å². The van der Waals surface area contributed by atoms with Gasteiger partial charge in [-0.1, -0.05) is 36.8 Å². The van der Waals surface area contributed by atoms with E-state index in [1.165, 1.54) is 0 Å². The fourth-order valence-electron chi connectivity index (χ4n) is 1.44. The van der Waals surface area contributed by atoms with Crippen molar-refractivity contribution in [1.82, 2.24) is 0 Å². The molecule has 0 unspecified atom stereocenters. The van der Waals surface area contributed by atoms with Gasteiger partial charge in [0.05, 0.1) is 6.61 Å². The van der Waals surface area contributed by atoms with Crippen LogP contribution in [0.5, 0.6) is 0 Å². The molecule has 0 atom stereocenters. The lowest BCUT2D eigenvalue weighted by atomic mass is 10.2. The summed E-state index contributed by atoms with van der Waals surface area (Å²) in [5.41, 5.74) is 1.01. The van der Waals surface area contributed by atoms with Crippen molar-refractivity contribution in [2.45, 2.75) is 32.3 Å². The maximum Gasteiger partial charge on any atom is 0.306 e. The number of hydrogen-bond donors (Lipinski definition) is 1. The van der Waals surface area contributed by atoms with Crippen LogP contribution in [0, 0.1) is 0 Å². The molecule has 0 aromatic heterocycles. The number of nitrogens with two attached hydrogens (primary N) is 1. The Hall–Kier alpha value is -1.39. The summed E-state index contributed by atoms with van der Waals surface area (Å²) < 4.78 is 5.14. The minimum atomic E-state index is -0.150. The average molecular weight is 237 g/mol. The van der Waals surface area contributed by atoms with E-state index in [0.29, 0.717) is 19.6 Å². The summed E-state index contributed by atoms with van der Waals surface area (Å²) in [5.74, 6) is 4.74. The fraction of sp³-hybridized carbons (Fsp3) is 0.462. The monoisotopic (exact) mass is 237 g/mol. The summed E-state index contributed by atoms with van der Waals surface area (Å²) in [6, 6.07) is 9.66. The van der Waals surface area contributed by atoms with Crippen LogP contribution in [0.2, 0.25) is 0 Å². The van der Waals surface area contributed by atoms with Crippen LogP contribution in [-0.2, 0) is 21.0 Å². The van der Waals surface area contributed by atoms with Gasteiger partial charge in [-0.05, 0) is 18.4 Å². The zero-order chi connectivity index (χ0) is 12.3. The number of carbonyl (C=O) groups is 1. The number of carbonyl (C=O) groups excluding carboxylic acids is 1. The molecule has 0 aliphatic carbocycles. The molecule has 1 aromatic rings. The minimum Gasteiger partial charge on any atom is -0.461 e. The Kier molecular flexibility index (Phi) is 7.02. The second-order valence-electron chi connectivity index (χ2n) is 3.83. The third-order valence-corrected chi connectivity index (χ3v) is 2.39. The highest BCUT2D eigenvalue weighted by Crippen LogP contribution is 2.05. The van der Waals surface area contributed by atoms with Crippen LogP contribution < -0.4 is 5.90 Å². The van der Waals surface area contributed by atoms with Gasteiger partial charge in [-0.2, -0.15) is 0 Å². The molecule has 94 valence electrons. The molecule has 0 bridgehead atoms. The molecule has 4 heteroatoms. The Balaban J connectivity index is 2.05. The van der Waals surface area contributed by atoms with E-state index in [0.717, 1.165) is 24.8 Å². The first-order valence-electron chi connectivity index (χ1n) is 5.84. The van der Waals surface area contributed by atoms with Gasteiger partial charge in [0, 0.05) is 6.42 Å². The molecule has 4 nitrogen and oxygen atoms in total. The van der Waals surface area contributed by atoms with E-state index < -0.39 is 0 Å². The molecule has 1 aromatic carbocycles. The predicted octanol–water partition coefficient (Wildman–Crippen LogP) is 2.18.